The van der Waals surface area contributed by atoms with Crippen molar-refractivity contribution in [2.45, 2.75) is 25.7 Å². The monoisotopic (exact) mass is 390 g/mol. The fourth-order valence-electron chi connectivity index (χ4n) is 3.43. The molecule has 1 saturated heterocycles. The molecule has 146 valence electrons. The molecule has 0 aliphatic carbocycles. The van der Waals surface area contributed by atoms with Gasteiger partial charge in [-0.05, 0) is 31.0 Å². The lowest BCUT2D eigenvalue weighted by Gasteiger charge is -2.34. The van der Waals surface area contributed by atoms with Crippen LogP contribution in [0.5, 0.6) is 0 Å². The first kappa shape index (κ1) is 19.6. The highest BCUT2D eigenvalue weighted by Gasteiger charge is 2.29. The van der Waals surface area contributed by atoms with Gasteiger partial charge in [-0.2, -0.15) is 4.31 Å². The minimum absolute atomic E-state index is 0.0349. The quantitative estimate of drug-likeness (QED) is 0.728. The van der Waals surface area contributed by atoms with Crippen LogP contribution in [-0.4, -0.2) is 55.5 Å². The number of nitrogens with zero attached hydrogens (tertiary/aromatic N) is 2. The van der Waals surface area contributed by atoms with E-state index in [-0.39, 0.29) is 17.6 Å². The summed E-state index contributed by atoms with van der Waals surface area (Å²) in [7, 11) is -3.19. The van der Waals surface area contributed by atoms with Crippen LogP contribution in [0.15, 0.2) is 53.1 Å². The van der Waals surface area contributed by atoms with Gasteiger partial charge in [0.25, 0.3) is 0 Å². The van der Waals surface area contributed by atoms with Gasteiger partial charge in [-0.15, -0.1) is 0 Å². The van der Waals surface area contributed by atoms with Crippen LogP contribution >= 0.6 is 0 Å². The summed E-state index contributed by atoms with van der Waals surface area (Å²) < 4.78 is 31.0. The van der Waals surface area contributed by atoms with E-state index in [0.29, 0.717) is 32.6 Å². The highest BCUT2D eigenvalue weighted by molar-refractivity contribution is 7.89. The molecule has 0 bridgehead atoms. The first-order valence-corrected chi connectivity index (χ1v) is 10.9. The van der Waals surface area contributed by atoms with Gasteiger partial charge in [0.2, 0.25) is 15.9 Å². The predicted octanol–water partition coefficient (Wildman–Crippen LogP) is 2.49. The van der Waals surface area contributed by atoms with E-state index in [1.807, 2.05) is 30.3 Å². The SMILES string of the molecule is CCS(=O)(=O)N1CCN(C(=O)CC(Cc2ccccc2)c2ccco2)CC1. The largest absolute Gasteiger partial charge is 0.469 e. The van der Waals surface area contributed by atoms with Crippen molar-refractivity contribution in [1.82, 2.24) is 9.21 Å². The lowest BCUT2D eigenvalue weighted by molar-refractivity contribution is -0.132. The number of piperazine rings is 1. The maximum absolute atomic E-state index is 12.8. The number of hydrogen-bond donors (Lipinski definition) is 0. The Hall–Kier alpha value is -2.12. The summed E-state index contributed by atoms with van der Waals surface area (Å²) in [6, 6.07) is 13.8. The molecule has 1 atom stereocenters. The Labute approximate surface area is 160 Å². The molecule has 1 fully saturated rings. The van der Waals surface area contributed by atoms with Crippen molar-refractivity contribution in [2.75, 3.05) is 31.9 Å². The van der Waals surface area contributed by atoms with Crippen molar-refractivity contribution in [3.05, 3.63) is 60.1 Å². The van der Waals surface area contributed by atoms with Crippen LogP contribution in [0, 0.1) is 0 Å². The smallest absolute Gasteiger partial charge is 0.223 e. The molecule has 0 spiro atoms. The normalized spacial score (nSPS) is 17.0. The minimum atomic E-state index is -3.19. The molecular weight excluding hydrogens is 364 g/mol. The Morgan fingerprint density at radius 3 is 2.37 bits per heavy atom. The predicted molar refractivity (Wildman–Crippen MR) is 104 cm³/mol. The van der Waals surface area contributed by atoms with E-state index in [4.69, 9.17) is 4.42 Å². The third-order valence-electron chi connectivity index (χ3n) is 5.04. The molecule has 7 heteroatoms. The van der Waals surface area contributed by atoms with E-state index in [2.05, 4.69) is 12.1 Å². The van der Waals surface area contributed by atoms with Gasteiger partial charge in [0, 0.05) is 38.5 Å². The zero-order chi connectivity index (χ0) is 19.3. The molecule has 0 saturated carbocycles. The number of rotatable bonds is 7. The summed E-state index contributed by atoms with van der Waals surface area (Å²) in [4.78, 5) is 14.6. The second-order valence-corrected chi connectivity index (χ2v) is 9.04. The molecule has 1 aromatic heterocycles. The zero-order valence-corrected chi connectivity index (χ0v) is 16.4. The van der Waals surface area contributed by atoms with E-state index in [1.165, 1.54) is 4.31 Å². The Morgan fingerprint density at radius 1 is 1.07 bits per heavy atom. The summed E-state index contributed by atoms with van der Waals surface area (Å²) in [5.41, 5.74) is 1.16. The molecule has 0 radical (unpaired) electrons. The Kier molecular flexibility index (Phi) is 6.34. The van der Waals surface area contributed by atoms with Gasteiger partial charge in [-0.25, -0.2) is 8.42 Å². The van der Waals surface area contributed by atoms with Gasteiger partial charge in [0.1, 0.15) is 5.76 Å². The maximum atomic E-state index is 12.8. The Morgan fingerprint density at radius 2 is 1.78 bits per heavy atom. The highest BCUT2D eigenvalue weighted by atomic mass is 32.2. The number of sulfonamides is 1. The van der Waals surface area contributed by atoms with Crippen LogP contribution in [0.2, 0.25) is 0 Å². The fraction of sp³-hybridized carbons (Fsp3) is 0.450. The van der Waals surface area contributed by atoms with Crippen molar-refractivity contribution < 1.29 is 17.6 Å². The summed E-state index contributed by atoms with van der Waals surface area (Å²) >= 11 is 0. The van der Waals surface area contributed by atoms with Gasteiger partial charge in [-0.1, -0.05) is 30.3 Å². The summed E-state index contributed by atoms with van der Waals surface area (Å²) in [6.45, 7) is 3.25. The van der Waals surface area contributed by atoms with Crippen molar-refractivity contribution >= 4 is 15.9 Å². The minimum Gasteiger partial charge on any atom is -0.469 e. The summed E-state index contributed by atoms with van der Waals surface area (Å²) in [6.07, 6.45) is 2.71. The van der Waals surface area contributed by atoms with Crippen molar-refractivity contribution in [1.29, 1.82) is 0 Å². The van der Waals surface area contributed by atoms with E-state index in [1.54, 1.807) is 18.1 Å². The second-order valence-electron chi connectivity index (χ2n) is 6.79. The van der Waals surface area contributed by atoms with Gasteiger partial charge in [-0.3, -0.25) is 4.79 Å². The number of amides is 1. The lowest BCUT2D eigenvalue weighted by Crippen LogP contribution is -2.51. The van der Waals surface area contributed by atoms with Crippen LogP contribution in [0.3, 0.4) is 0 Å². The molecule has 2 heterocycles. The number of furan rings is 1. The average Bonchev–Trinajstić information content (AvgIpc) is 3.23. The van der Waals surface area contributed by atoms with Gasteiger partial charge < -0.3 is 9.32 Å². The van der Waals surface area contributed by atoms with Gasteiger partial charge in [0.15, 0.2) is 0 Å². The Bertz CT molecular complexity index is 826. The molecule has 1 aliphatic heterocycles. The third kappa shape index (κ3) is 4.99. The Balaban J connectivity index is 1.63. The van der Waals surface area contributed by atoms with Crippen LogP contribution in [0.1, 0.15) is 30.6 Å². The second kappa shape index (κ2) is 8.71. The van der Waals surface area contributed by atoms with Gasteiger partial charge in [0.05, 0.1) is 12.0 Å². The standard InChI is InChI=1S/C20H26N2O4S/c1-2-27(24,25)22-12-10-21(11-13-22)20(23)16-18(19-9-6-14-26-19)15-17-7-4-3-5-8-17/h3-9,14,18H,2,10-13,15-16H2,1H3. The first-order chi connectivity index (χ1) is 13.0. The summed E-state index contributed by atoms with van der Waals surface area (Å²) in [5, 5.41) is 0. The number of carbonyl (C=O) groups is 1. The maximum Gasteiger partial charge on any atom is 0.223 e. The van der Waals surface area contributed by atoms with Crippen molar-refractivity contribution in [2.24, 2.45) is 0 Å². The van der Waals surface area contributed by atoms with Gasteiger partial charge >= 0.3 is 0 Å². The molecule has 2 aromatic rings. The topological polar surface area (TPSA) is 70.8 Å². The zero-order valence-electron chi connectivity index (χ0n) is 15.6. The van der Waals surface area contributed by atoms with Crippen molar-refractivity contribution in [3.8, 4) is 0 Å². The number of benzene rings is 1. The molecule has 6 nitrogen and oxygen atoms in total. The molecule has 1 amide bonds. The van der Waals surface area contributed by atoms with Crippen molar-refractivity contribution in [3.63, 3.8) is 0 Å². The number of carbonyl (C=O) groups excluding carboxylic acids is 1. The van der Waals surface area contributed by atoms with E-state index in [0.717, 1.165) is 17.7 Å². The molecule has 3 rings (SSSR count). The molecular formula is C20H26N2O4S. The fourth-order valence-corrected chi connectivity index (χ4v) is 4.52. The van der Waals surface area contributed by atoms with E-state index < -0.39 is 10.0 Å². The third-order valence-corrected chi connectivity index (χ3v) is 6.92. The lowest BCUT2D eigenvalue weighted by atomic mass is 9.93. The molecule has 1 aliphatic rings. The molecule has 27 heavy (non-hydrogen) atoms. The molecule has 0 N–H and O–H groups in total. The van der Waals surface area contributed by atoms with Crippen LogP contribution in [0.25, 0.3) is 0 Å². The van der Waals surface area contributed by atoms with E-state index >= 15 is 0 Å². The molecule has 1 aromatic carbocycles. The van der Waals surface area contributed by atoms with Crippen LogP contribution in [0.4, 0.5) is 0 Å². The van der Waals surface area contributed by atoms with E-state index in [9.17, 15) is 13.2 Å². The number of hydrogen-bond acceptors (Lipinski definition) is 4. The highest BCUT2D eigenvalue weighted by Crippen LogP contribution is 2.26. The van der Waals surface area contributed by atoms with Crippen LogP contribution in [-0.2, 0) is 21.2 Å². The van der Waals surface area contributed by atoms with Crippen LogP contribution < -0.4 is 0 Å². The molecule has 1 unspecified atom stereocenters. The summed E-state index contributed by atoms with van der Waals surface area (Å²) in [5.74, 6) is 0.908. The first-order valence-electron chi connectivity index (χ1n) is 9.32. The average molecular weight is 391 g/mol.